The van der Waals surface area contributed by atoms with Crippen LogP contribution in [0.4, 0.5) is 0 Å². The number of nitrogens with zero attached hydrogens (tertiary/aromatic N) is 2. The van der Waals surface area contributed by atoms with Gasteiger partial charge in [0.2, 0.25) is 5.91 Å². The van der Waals surface area contributed by atoms with Gasteiger partial charge >= 0.3 is 0 Å². The van der Waals surface area contributed by atoms with Crippen LogP contribution in [0.1, 0.15) is 28.8 Å². The molecule has 0 radical (unpaired) electrons. The Bertz CT molecular complexity index is 754. The number of carbonyl (C=O) groups is 2. The number of pyridine rings is 1. The molecule has 1 aromatic heterocycles. The molecule has 6 nitrogen and oxygen atoms in total. The van der Waals surface area contributed by atoms with Crippen LogP contribution in [0.25, 0.3) is 0 Å². The maximum atomic E-state index is 12.4. The van der Waals surface area contributed by atoms with Crippen molar-refractivity contribution in [3.63, 3.8) is 0 Å². The average molecular weight is 367 g/mol. The van der Waals surface area contributed by atoms with E-state index in [-0.39, 0.29) is 17.7 Å². The van der Waals surface area contributed by atoms with Crippen molar-refractivity contribution in [2.24, 2.45) is 5.92 Å². The number of nitrogens with one attached hydrogen (secondary N) is 1. The summed E-state index contributed by atoms with van der Waals surface area (Å²) in [5.41, 5.74) is 1.76. The maximum Gasteiger partial charge on any atom is 0.255 e. The molecule has 2 aromatic rings. The van der Waals surface area contributed by atoms with Crippen LogP contribution in [0.15, 0.2) is 48.8 Å². The van der Waals surface area contributed by atoms with Crippen molar-refractivity contribution in [2.45, 2.75) is 19.3 Å². The first kappa shape index (κ1) is 18.9. The first-order chi connectivity index (χ1) is 13.2. The van der Waals surface area contributed by atoms with Gasteiger partial charge in [-0.25, -0.2) is 0 Å². The molecule has 0 bridgehead atoms. The number of hydrogen-bond acceptors (Lipinski definition) is 4. The predicted molar refractivity (Wildman–Crippen MR) is 103 cm³/mol. The lowest BCUT2D eigenvalue weighted by Crippen LogP contribution is -2.43. The van der Waals surface area contributed by atoms with Gasteiger partial charge in [-0.2, -0.15) is 0 Å². The van der Waals surface area contributed by atoms with Crippen molar-refractivity contribution < 1.29 is 14.3 Å². The van der Waals surface area contributed by atoms with Crippen molar-refractivity contribution in [3.05, 3.63) is 59.9 Å². The van der Waals surface area contributed by atoms with Gasteiger partial charge in [0.15, 0.2) is 0 Å². The fourth-order valence-corrected chi connectivity index (χ4v) is 3.28. The number of aromatic nitrogens is 1. The SMILES string of the molecule is COc1ccc(CCNC(=O)C2CCN(C(=O)c3cccnc3)CC2)cc1. The topological polar surface area (TPSA) is 71.5 Å². The van der Waals surface area contributed by atoms with Crippen LogP contribution in [0.3, 0.4) is 0 Å². The van der Waals surface area contributed by atoms with Crippen LogP contribution in [0.5, 0.6) is 5.75 Å². The zero-order valence-corrected chi connectivity index (χ0v) is 15.6. The monoisotopic (exact) mass is 367 g/mol. The van der Waals surface area contributed by atoms with Gasteiger partial charge in [0, 0.05) is 37.9 Å². The van der Waals surface area contributed by atoms with E-state index < -0.39 is 0 Å². The summed E-state index contributed by atoms with van der Waals surface area (Å²) in [5, 5.41) is 3.02. The van der Waals surface area contributed by atoms with Crippen LogP contribution in [0, 0.1) is 5.92 Å². The highest BCUT2D eigenvalue weighted by atomic mass is 16.5. The second-order valence-electron chi connectivity index (χ2n) is 6.70. The van der Waals surface area contributed by atoms with Crippen LogP contribution in [-0.2, 0) is 11.2 Å². The predicted octanol–water partition coefficient (Wildman–Crippen LogP) is 2.30. The third kappa shape index (κ3) is 5.06. The van der Waals surface area contributed by atoms with Crippen LogP contribution in [-0.4, -0.2) is 48.4 Å². The molecule has 3 rings (SSSR count). The molecule has 0 unspecified atom stereocenters. The van der Waals surface area contributed by atoms with Crippen molar-refractivity contribution in [1.29, 1.82) is 0 Å². The fourth-order valence-electron chi connectivity index (χ4n) is 3.28. The Labute approximate surface area is 159 Å². The highest BCUT2D eigenvalue weighted by Crippen LogP contribution is 2.19. The maximum absolute atomic E-state index is 12.4. The van der Waals surface area contributed by atoms with E-state index in [0.717, 1.165) is 17.7 Å². The van der Waals surface area contributed by atoms with Gasteiger partial charge < -0.3 is 15.0 Å². The van der Waals surface area contributed by atoms with Gasteiger partial charge in [0.05, 0.1) is 12.7 Å². The Morgan fingerprint density at radius 1 is 1.19 bits per heavy atom. The lowest BCUT2D eigenvalue weighted by molar-refractivity contribution is -0.126. The van der Waals surface area contributed by atoms with Crippen molar-refractivity contribution in [1.82, 2.24) is 15.2 Å². The zero-order chi connectivity index (χ0) is 19.1. The quantitative estimate of drug-likeness (QED) is 0.850. The molecule has 1 fully saturated rings. The molecular weight excluding hydrogens is 342 g/mol. The third-order valence-electron chi connectivity index (χ3n) is 4.93. The van der Waals surface area contributed by atoms with Gasteiger partial charge in [-0.15, -0.1) is 0 Å². The van der Waals surface area contributed by atoms with E-state index in [1.807, 2.05) is 24.3 Å². The minimum atomic E-state index is -0.0289. The molecule has 0 aliphatic carbocycles. The molecule has 6 heteroatoms. The van der Waals surface area contributed by atoms with Crippen LogP contribution in [0.2, 0.25) is 0 Å². The molecule has 1 aliphatic heterocycles. The zero-order valence-electron chi connectivity index (χ0n) is 15.6. The number of piperidine rings is 1. The highest BCUT2D eigenvalue weighted by molar-refractivity contribution is 5.94. The second kappa shape index (κ2) is 9.16. The van der Waals surface area contributed by atoms with Gasteiger partial charge in [-0.05, 0) is 49.1 Å². The van der Waals surface area contributed by atoms with E-state index in [1.54, 1.807) is 36.5 Å². The summed E-state index contributed by atoms with van der Waals surface area (Å²) in [4.78, 5) is 30.6. The molecule has 27 heavy (non-hydrogen) atoms. The minimum Gasteiger partial charge on any atom is -0.497 e. The molecule has 2 heterocycles. The number of carbonyl (C=O) groups excluding carboxylic acids is 2. The van der Waals surface area contributed by atoms with Crippen molar-refractivity contribution >= 4 is 11.8 Å². The molecule has 1 aromatic carbocycles. The molecule has 0 spiro atoms. The van der Waals surface area contributed by atoms with E-state index in [1.165, 1.54) is 0 Å². The van der Waals surface area contributed by atoms with Gasteiger partial charge in [0.25, 0.3) is 5.91 Å². The lowest BCUT2D eigenvalue weighted by atomic mass is 9.95. The number of likely N-dealkylation sites (tertiary alicyclic amines) is 1. The van der Waals surface area contributed by atoms with Gasteiger partial charge in [0.1, 0.15) is 5.75 Å². The normalized spacial score (nSPS) is 14.6. The smallest absolute Gasteiger partial charge is 0.255 e. The number of benzene rings is 1. The number of hydrogen-bond donors (Lipinski definition) is 1. The second-order valence-corrected chi connectivity index (χ2v) is 6.70. The summed E-state index contributed by atoms with van der Waals surface area (Å²) >= 11 is 0. The van der Waals surface area contributed by atoms with E-state index in [4.69, 9.17) is 4.74 Å². The van der Waals surface area contributed by atoms with E-state index >= 15 is 0 Å². The molecule has 0 atom stereocenters. The Morgan fingerprint density at radius 2 is 1.93 bits per heavy atom. The number of ether oxygens (including phenoxy) is 1. The molecule has 1 saturated heterocycles. The molecule has 2 amide bonds. The standard InChI is InChI=1S/C21H25N3O3/c1-27-19-6-4-16(5-7-19)8-12-23-20(25)17-9-13-24(14-10-17)21(26)18-3-2-11-22-15-18/h2-7,11,15,17H,8-10,12-14H2,1H3,(H,23,25). The third-order valence-corrected chi connectivity index (χ3v) is 4.93. The van der Waals surface area contributed by atoms with E-state index in [2.05, 4.69) is 10.3 Å². The van der Waals surface area contributed by atoms with E-state index in [9.17, 15) is 9.59 Å². The summed E-state index contributed by atoms with van der Waals surface area (Å²) in [6, 6.07) is 11.4. The summed E-state index contributed by atoms with van der Waals surface area (Å²) in [6.45, 7) is 1.81. The van der Waals surface area contributed by atoms with Crippen molar-refractivity contribution in [2.75, 3.05) is 26.7 Å². The van der Waals surface area contributed by atoms with Gasteiger partial charge in [-0.1, -0.05) is 12.1 Å². The number of methoxy groups -OCH3 is 1. The highest BCUT2D eigenvalue weighted by Gasteiger charge is 2.27. The number of rotatable bonds is 6. The Balaban J connectivity index is 1.41. The lowest BCUT2D eigenvalue weighted by Gasteiger charge is -2.31. The first-order valence-corrected chi connectivity index (χ1v) is 9.27. The van der Waals surface area contributed by atoms with Gasteiger partial charge in [-0.3, -0.25) is 14.6 Å². The van der Waals surface area contributed by atoms with Crippen molar-refractivity contribution in [3.8, 4) is 5.75 Å². The molecule has 1 N–H and O–H groups in total. The largest absolute Gasteiger partial charge is 0.497 e. The average Bonchev–Trinajstić information content (AvgIpc) is 2.74. The van der Waals surface area contributed by atoms with Crippen LogP contribution >= 0.6 is 0 Å². The van der Waals surface area contributed by atoms with Crippen LogP contribution < -0.4 is 10.1 Å². The number of amides is 2. The molecule has 1 aliphatic rings. The minimum absolute atomic E-state index is 0.0125. The fraction of sp³-hybridized carbons (Fsp3) is 0.381. The Kier molecular flexibility index (Phi) is 6.41. The Morgan fingerprint density at radius 3 is 2.56 bits per heavy atom. The summed E-state index contributed by atoms with van der Waals surface area (Å²) in [6.07, 6.45) is 5.41. The summed E-state index contributed by atoms with van der Waals surface area (Å²) in [7, 11) is 1.64. The first-order valence-electron chi connectivity index (χ1n) is 9.27. The summed E-state index contributed by atoms with van der Waals surface area (Å²) < 4.78 is 5.14. The van der Waals surface area contributed by atoms with E-state index in [0.29, 0.717) is 38.0 Å². The molecule has 0 saturated carbocycles. The molecule has 142 valence electrons. The molecular formula is C21H25N3O3. The Hall–Kier alpha value is -2.89. The summed E-state index contributed by atoms with van der Waals surface area (Å²) in [5.74, 6) is 0.868.